The number of hydrogen-bond acceptors (Lipinski definition) is 4. The quantitative estimate of drug-likeness (QED) is 0.150. The van der Waals surface area contributed by atoms with Gasteiger partial charge in [-0.1, -0.05) is 105 Å². The highest BCUT2D eigenvalue weighted by atomic mass is 35.5. The fraction of sp³-hybridized carbons (Fsp3) is 0.316. The number of carbonyl (C=O) groups excluding carboxylic acids is 2. The SMILES string of the molecule is CC[C@H](C)NC(=O)[C@H](Cc1ccccc1)N(Cc1ccc(Cl)cc1)C(=O)CN(c1ccc(C(C)C)cc1)S(=O)(=O)c1ccc(C)cc1. The van der Waals surface area contributed by atoms with E-state index in [9.17, 15) is 18.0 Å². The Kier molecular flexibility index (Phi) is 12.2. The van der Waals surface area contributed by atoms with E-state index in [0.29, 0.717) is 17.1 Å². The normalized spacial score (nSPS) is 12.7. The van der Waals surface area contributed by atoms with Gasteiger partial charge in [0, 0.05) is 24.0 Å². The van der Waals surface area contributed by atoms with Crippen LogP contribution in [0.4, 0.5) is 5.69 Å². The zero-order valence-electron chi connectivity index (χ0n) is 27.7. The number of amides is 2. The Morgan fingerprint density at radius 3 is 2.00 bits per heavy atom. The number of rotatable bonds is 14. The molecule has 0 radical (unpaired) electrons. The fourth-order valence-electron chi connectivity index (χ4n) is 5.17. The topological polar surface area (TPSA) is 86.8 Å². The average Bonchev–Trinajstić information content (AvgIpc) is 3.06. The molecule has 0 saturated carbocycles. The van der Waals surface area contributed by atoms with E-state index >= 15 is 0 Å². The summed E-state index contributed by atoms with van der Waals surface area (Å²) in [4.78, 5) is 30.1. The third kappa shape index (κ3) is 9.46. The average molecular weight is 674 g/mol. The first-order chi connectivity index (χ1) is 22.4. The maximum absolute atomic E-state index is 14.6. The van der Waals surface area contributed by atoms with Crippen LogP contribution in [0.2, 0.25) is 5.02 Å². The van der Waals surface area contributed by atoms with Gasteiger partial charge in [-0.25, -0.2) is 8.42 Å². The minimum Gasteiger partial charge on any atom is -0.352 e. The molecule has 1 N–H and O–H groups in total. The van der Waals surface area contributed by atoms with E-state index in [1.54, 1.807) is 60.7 Å². The maximum atomic E-state index is 14.6. The third-order valence-corrected chi connectivity index (χ3v) is 10.3. The van der Waals surface area contributed by atoms with Gasteiger partial charge in [-0.05, 0) is 79.3 Å². The summed E-state index contributed by atoms with van der Waals surface area (Å²) in [6.07, 6.45) is 0.958. The van der Waals surface area contributed by atoms with E-state index in [1.807, 2.05) is 63.2 Å². The van der Waals surface area contributed by atoms with Crippen molar-refractivity contribution in [1.29, 1.82) is 0 Å². The zero-order valence-corrected chi connectivity index (χ0v) is 29.3. The largest absolute Gasteiger partial charge is 0.352 e. The first-order valence-electron chi connectivity index (χ1n) is 16.0. The molecule has 0 heterocycles. The van der Waals surface area contributed by atoms with Crippen LogP contribution in [-0.2, 0) is 32.6 Å². The highest BCUT2D eigenvalue weighted by Gasteiger charge is 2.35. The summed E-state index contributed by atoms with van der Waals surface area (Å²) in [7, 11) is -4.17. The van der Waals surface area contributed by atoms with Gasteiger partial charge in [0.1, 0.15) is 12.6 Å². The molecule has 248 valence electrons. The molecule has 4 rings (SSSR count). The van der Waals surface area contributed by atoms with Crippen molar-refractivity contribution in [3.05, 3.63) is 130 Å². The Morgan fingerprint density at radius 2 is 1.43 bits per heavy atom. The molecular weight excluding hydrogens is 630 g/mol. The van der Waals surface area contributed by atoms with Gasteiger partial charge in [-0.15, -0.1) is 0 Å². The zero-order chi connectivity index (χ0) is 34.1. The number of nitrogens with zero attached hydrogens (tertiary/aromatic N) is 2. The van der Waals surface area contributed by atoms with Crippen molar-refractivity contribution < 1.29 is 18.0 Å². The molecule has 2 amide bonds. The van der Waals surface area contributed by atoms with Crippen molar-refractivity contribution in [2.24, 2.45) is 0 Å². The van der Waals surface area contributed by atoms with Crippen molar-refractivity contribution in [2.45, 2.75) is 76.9 Å². The van der Waals surface area contributed by atoms with Gasteiger partial charge < -0.3 is 10.2 Å². The molecule has 4 aromatic carbocycles. The molecule has 0 saturated heterocycles. The molecule has 47 heavy (non-hydrogen) atoms. The number of nitrogens with one attached hydrogen (secondary N) is 1. The molecule has 2 atom stereocenters. The van der Waals surface area contributed by atoms with Gasteiger partial charge in [-0.2, -0.15) is 0 Å². The van der Waals surface area contributed by atoms with E-state index in [0.717, 1.165) is 26.6 Å². The van der Waals surface area contributed by atoms with Gasteiger partial charge in [0.05, 0.1) is 10.6 Å². The Bertz CT molecular complexity index is 1730. The van der Waals surface area contributed by atoms with E-state index < -0.39 is 28.5 Å². The molecule has 0 aromatic heterocycles. The Morgan fingerprint density at radius 1 is 0.809 bits per heavy atom. The van der Waals surface area contributed by atoms with E-state index in [2.05, 4.69) is 19.2 Å². The number of sulfonamides is 1. The second-order valence-corrected chi connectivity index (χ2v) is 14.5. The van der Waals surface area contributed by atoms with Crippen LogP contribution in [-0.4, -0.2) is 43.8 Å². The lowest BCUT2D eigenvalue weighted by atomic mass is 10.0. The molecular formula is C38H44ClN3O4S. The minimum atomic E-state index is -4.17. The third-order valence-electron chi connectivity index (χ3n) is 8.27. The molecule has 4 aromatic rings. The smallest absolute Gasteiger partial charge is 0.264 e. The number of aryl methyl sites for hydroxylation is 1. The van der Waals surface area contributed by atoms with Crippen molar-refractivity contribution in [3.63, 3.8) is 0 Å². The summed E-state index contributed by atoms with van der Waals surface area (Å²) in [6.45, 7) is 9.47. The Labute approximate surface area is 284 Å². The Balaban J connectivity index is 1.81. The second-order valence-electron chi connectivity index (χ2n) is 12.2. The van der Waals surface area contributed by atoms with Crippen molar-refractivity contribution >= 4 is 39.1 Å². The van der Waals surface area contributed by atoms with Crippen LogP contribution in [0, 0.1) is 6.92 Å². The minimum absolute atomic E-state index is 0.0726. The lowest BCUT2D eigenvalue weighted by Crippen LogP contribution is -2.54. The molecule has 9 heteroatoms. The first-order valence-corrected chi connectivity index (χ1v) is 17.8. The van der Waals surface area contributed by atoms with Gasteiger partial charge in [0.25, 0.3) is 10.0 Å². The van der Waals surface area contributed by atoms with Crippen LogP contribution < -0.4 is 9.62 Å². The summed E-state index contributed by atoms with van der Waals surface area (Å²) in [5.41, 5.74) is 3.95. The number of benzene rings is 4. The monoisotopic (exact) mass is 673 g/mol. The Hall–Kier alpha value is -4.14. The maximum Gasteiger partial charge on any atom is 0.264 e. The first kappa shape index (κ1) is 35.7. The molecule has 0 unspecified atom stereocenters. The van der Waals surface area contributed by atoms with Gasteiger partial charge in [0.15, 0.2) is 0 Å². The number of hydrogen-bond donors (Lipinski definition) is 1. The highest BCUT2D eigenvalue weighted by molar-refractivity contribution is 7.92. The van der Waals surface area contributed by atoms with Gasteiger partial charge in [-0.3, -0.25) is 13.9 Å². The summed E-state index contributed by atoms with van der Waals surface area (Å²) in [6, 6.07) is 29.3. The molecule has 7 nitrogen and oxygen atoms in total. The van der Waals surface area contributed by atoms with E-state index in [-0.39, 0.29) is 35.7 Å². The van der Waals surface area contributed by atoms with E-state index in [4.69, 9.17) is 11.6 Å². The van der Waals surface area contributed by atoms with Crippen molar-refractivity contribution in [3.8, 4) is 0 Å². The standard InChI is InChI=1S/C38H44ClN3O4S/c1-6-29(5)40-38(44)36(24-30-10-8-7-9-11-30)41(25-31-14-18-33(39)19-15-31)37(43)26-42(34-20-16-32(17-21-34)27(2)3)47(45,46)35-22-12-28(4)13-23-35/h7-23,27,29,36H,6,24-26H2,1-5H3,(H,40,44)/t29-,36-/m0/s1. The molecule has 0 fully saturated rings. The molecule has 0 spiro atoms. The van der Waals surface area contributed by atoms with Crippen LogP contribution in [0.1, 0.15) is 62.3 Å². The van der Waals surface area contributed by atoms with Crippen LogP contribution in [0.5, 0.6) is 0 Å². The van der Waals surface area contributed by atoms with Crippen molar-refractivity contribution in [2.75, 3.05) is 10.8 Å². The number of halogens is 1. The van der Waals surface area contributed by atoms with Crippen LogP contribution in [0.25, 0.3) is 0 Å². The molecule has 0 bridgehead atoms. The summed E-state index contributed by atoms with van der Waals surface area (Å²) >= 11 is 6.17. The number of carbonyl (C=O) groups is 2. The van der Waals surface area contributed by atoms with E-state index in [1.165, 1.54) is 4.90 Å². The number of anilines is 1. The van der Waals surface area contributed by atoms with Crippen LogP contribution in [0.3, 0.4) is 0 Å². The van der Waals surface area contributed by atoms with Gasteiger partial charge >= 0.3 is 0 Å². The predicted octanol–water partition coefficient (Wildman–Crippen LogP) is 7.52. The van der Waals surface area contributed by atoms with Crippen molar-refractivity contribution in [1.82, 2.24) is 10.2 Å². The lowest BCUT2D eigenvalue weighted by molar-refractivity contribution is -0.140. The summed E-state index contributed by atoms with van der Waals surface area (Å²) in [5, 5.41) is 3.60. The lowest BCUT2D eigenvalue weighted by Gasteiger charge is -2.34. The second kappa shape index (κ2) is 16.1. The fourth-order valence-corrected chi connectivity index (χ4v) is 6.71. The molecule has 0 aliphatic heterocycles. The van der Waals surface area contributed by atoms with Crippen LogP contribution in [0.15, 0.2) is 108 Å². The predicted molar refractivity (Wildman–Crippen MR) is 190 cm³/mol. The van der Waals surface area contributed by atoms with Crippen LogP contribution >= 0.6 is 11.6 Å². The van der Waals surface area contributed by atoms with Gasteiger partial charge in [0.2, 0.25) is 11.8 Å². The molecule has 0 aliphatic rings. The molecule has 0 aliphatic carbocycles. The highest BCUT2D eigenvalue weighted by Crippen LogP contribution is 2.27. The summed E-state index contributed by atoms with van der Waals surface area (Å²) < 4.78 is 29.7. The summed E-state index contributed by atoms with van der Waals surface area (Å²) in [5.74, 6) is -0.575.